The number of phosphoric ester groups is 1. The minimum absolute atomic E-state index is 0.0564. The van der Waals surface area contributed by atoms with Crippen molar-refractivity contribution in [2.75, 3.05) is 26.4 Å². The van der Waals surface area contributed by atoms with E-state index in [0.29, 0.717) is 6.42 Å². The smallest absolute Gasteiger partial charge is 0.462 e. The van der Waals surface area contributed by atoms with Gasteiger partial charge in [-0.25, -0.2) is 4.57 Å². The Labute approximate surface area is 370 Å². The number of phosphoric acid groups is 1. The summed E-state index contributed by atoms with van der Waals surface area (Å²) < 4.78 is 32.9. The maximum atomic E-state index is 12.6. The topological polar surface area (TPSA) is 134 Å². The van der Waals surface area contributed by atoms with E-state index in [1.165, 1.54) is 199 Å². The molecule has 0 aliphatic carbocycles. The number of allylic oxidation sites excluding steroid dienone is 2. The van der Waals surface area contributed by atoms with E-state index in [0.717, 1.165) is 32.1 Å². The minimum atomic E-state index is -4.38. The van der Waals surface area contributed by atoms with Crippen LogP contribution in [0.5, 0.6) is 0 Å². The van der Waals surface area contributed by atoms with Gasteiger partial charge in [0.1, 0.15) is 6.61 Å². The Kier molecular flexibility index (Phi) is 46.3. The first-order valence-electron chi connectivity index (χ1n) is 25.7. The Bertz CT molecular complexity index is 995. The van der Waals surface area contributed by atoms with Gasteiger partial charge in [-0.1, -0.05) is 225 Å². The second kappa shape index (κ2) is 47.2. The molecule has 9 nitrogen and oxygen atoms in total. The lowest BCUT2D eigenvalue weighted by molar-refractivity contribution is -0.161. The highest BCUT2D eigenvalue weighted by Gasteiger charge is 2.26. The van der Waals surface area contributed by atoms with Gasteiger partial charge in [0.05, 0.1) is 13.2 Å². The molecule has 0 saturated heterocycles. The fourth-order valence-electron chi connectivity index (χ4n) is 7.57. The normalized spacial score (nSPS) is 13.2. The molecule has 10 heteroatoms. The molecule has 0 aromatic rings. The largest absolute Gasteiger partial charge is 0.472 e. The van der Waals surface area contributed by atoms with Crippen LogP contribution in [0.4, 0.5) is 0 Å². The van der Waals surface area contributed by atoms with Crippen LogP contribution in [0.3, 0.4) is 0 Å². The molecule has 0 radical (unpaired) electrons. The van der Waals surface area contributed by atoms with Gasteiger partial charge in [0.15, 0.2) is 6.10 Å². The van der Waals surface area contributed by atoms with E-state index in [9.17, 15) is 19.0 Å². The molecule has 60 heavy (non-hydrogen) atoms. The number of unbranched alkanes of at least 4 members (excludes halogenated alkanes) is 34. The van der Waals surface area contributed by atoms with Crippen molar-refractivity contribution in [3.63, 3.8) is 0 Å². The molecule has 0 aromatic carbocycles. The van der Waals surface area contributed by atoms with Crippen LogP contribution in [0.25, 0.3) is 0 Å². The predicted octanol–water partition coefficient (Wildman–Crippen LogP) is 15.3. The third-order valence-electron chi connectivity index (χ3n) is 11.4. The van der Waals surface area contributed by atoms with E-state index >= 15 is 0 Å². The molecule has 0 aromatic heterocycles. The summed E-state index contributed by atoms with van der Waals surface area (Å²) in [5, 5.41) is 0. The van der Waals surface area contributed by atoms with Crippen molar-refractivity contribution in [1.29, 1.82) is 0 Å². The summed E-state index contributed by atoms with van der Waals surface area (Å²) in [6.07, 6.45) is 51.0. The number of carbonyl (C=O) groups excluding carboxylic acids is 2. The maximum absolute atomic E-state index is 12.6. The summed E-state index contributed by atoms with van der Waals surface area (Å²) in [5.74, 6) is -0.814. The average Bonchev–Trinajstić information content (AvgIpc) is 3.24. The van der Waals surface area contributed by atoms with Gasteiger partial charge in [-0.2, -0.15) is 0 Å². The summed E-state index contributed by atoms with van der Waals surface area (Å²) >= 11 is 0. The molecule has 1 unspecified atom stereocenters. The van der Waals surface area contributed by atoms with Crippen LogP contribution in [0, 0.1) is 0 Å². The van der Waals surface area contributed by atoms with Crippen LogP contribution in [0.15, 0.2) is 12.2 Å². The second-order valence-electron chi connectivity index (χ2n) is 17.4. The molecule has 0 fully saturated rings. The third kappa shape index (κ3) is 46.3. The zero-order chi connectivity index (χ0) is 43.9. The maximum Gasteiger partial charge on any atom is 0.472 e. The monoisotopic (exact) mass is 872 g/mol. The number of carbonyl (C=O) groups is 2. The van der Waals surface area contributed by atoms with Crippen LogP contribution < -0.4 is 5.73 Å². The van der Waals surface area contributed by atoms with Crippen LogP contribution in [0.1, 0.15) is 264 Å². The van der Waals surface area contributed by atoms with Gasteiger partial charge >= 0.3 is 19.8 Å². The summed E-state index contributed by atoms with van der Waals surface area (Å²) in [6, 6.07) is 0. The van der Waals surface area contributed by atoms with Crippen molar-refractivity contribution in [1.82, 2.24) is 0 Å². The number of esters is 2. The molecule has 0 rings (SSSR count). The summed E-state index contributed by atoms with van der Waals surface area (Å²) in [5.41, 5.74) is 5.37. The van der Waals surface area contributed by atoms with E-state index in [1.807, 2.05) is 0 Å². The molecule has 0 amide bonds. The fourth-order valence-corrected chi connectivity index (χ4v) is 8.34. The molecule has 0 aliphatic heterocycles. The first-order valence-corrected chi connectivity index (χ1v) is 27.2. The first kappa shape index (κ1) is 58.8. The SMILES string of the molecule is CCCCCCCC/C=C/CCCCCCCCCCCC(=O)OC[C@H](COP(=O)(O)OCCN)OC(=O)CCCCCCCCCCCCCCCCCCCCCC. The lowest BCUT2D eigenvalue weighted by atomic mass is 10.0. The average molecular weight is 872 g/mol. The van der Waals surface area contributed by atoms with Gasteiger partial charge < -0.3 is 20.1 Å². The van der Waals surface area contributed by atoms with Crippen molar-refractivity contribution >= 4 is 19.8 Å². The Morgan fingerprint density at radius 1 is 0.483 bits per heavy atom. The number of rotatable bonds is 49. The van der Waals surface area contributed by atoms with Crippen molar-refractivity contribution in [3.8, 4) is 0 Å². The molecule has 0 bridgehead atoms. The van der Waals surface area contributed by atoms with Crippen molar-refractivity contribution < 1.29 is 37.6 Å². The molecule has 0 spiro atoms. The number of nitrogens with two attached hydrogens (primary N) is 1. The molecule has 0 aliphatic rings. The molecule has 3 N–H and O–H groups in total. The quantitative estimate of drug-likeness (QED) is 0.0265. The highest BCUT2D eigenvalue weighted by molar-refractivity contribution is 7.47. The van der Waals surface area contributed by atoms with Crippen molar-refractivity contribution in [3.05, 3.63) is 12.2 Å². The molecule has 2 atom stereocenters. The highest BCUT2D eigenvalue weighted by Crippen LogP contribution is 2.43. The summed E-state index contributed by atoms with van der Waals surface area (Å²) in [7, 11) is -4.38. The Morgan fingerprint density at radius 2 is 0.817 bits per heavy atom. The second-order valence-corrected chi connectivity index (χ2v) is 18.9. The van der Waals surface area contributed by atoms with Crippen LogP contribution in [-0.2, 0) is 32.7 Å². The van der Waals surface area contributed by atoms with Crippen LogP contribution in [-0.4, -0.2) is 49.3 Å². The molecule has 356 valence electrons. The number of ether oxygens (including phenoxy) is 2. The first-order chi connectivity index (χ1) is 29.3. The van der Waals surface area contributed by atoms with Gasteiger partial charge in [-0.15, -0.1) is 0 Å². The lowest BCUT2D eigenvalue weighted by Gasteiger charge is -2.19. The van der Waals surface area contributed by atoms with Crippen LogP contribution >= 0.6 is 7.82 Å². The van der Waals surface area contributed by atoms with Gasteiger partial charge in [-0.3, -0.25) is 18.6 Å². The zero-order valence-electron chi connectivity index (χ0n) is 39.5. The van der Waals surface area contributed by atoms with Gasteiger partial charge in [0, 0.05) is 19.4 Å². The fraction of sp³-hybridized carbons (Fsp3) is 0.920. The lowest BCUT2D eigenvalue weighted by Crippen LogP contribution is -2.29. The number of hydrogen-bond acceptors (Lipinski definition) is 8. The van der Waals surface area contributed by atoms with E-state index in [1.54, 1.807) is 0 Å². The summed E-state index contributed by atoms with van der Waals surface area (Å²) in [6.45, 7) is 3.79. The van der Waals surface area contributed by atoms with Gasteiger partial charge in [0.25, 0.3) is 0 Å². The van der Waals surface area contributed by atoms with Gasteiger partial charge in [-0.05, 0) is 38.5 Å². The highest BCUT2D eigenvalue weighted by atomic mass is 31.2. The Morgan fingerprint density at radius 3 is 1.18 bits per heavy atom. The minimum Gasteiger partial charge on any atom is -0.462 e. The van der Waals surface area contributed by atoms with E-state index in [-0.39, 0.29) is 38.6 Å². The standard InChI is InChI=1S/C50H98NO8P/c1-3-5-7-9-11-13-15-17-19-21-23-25-27-29-31-33-35-37-39-41-43-50(53)59-48(47-58-60(54,55)57-45-44-51)46-56-49(52)42-40-38-36-34-32-30-28-26-24-22-20-18-16-14-12-10-8-6-4-2/h18,20,48H,3-17,19,21-47,51H2,1-2H3,(H,54,55)/b20-18+/t48-/m1/s1. The zero-order valence-corrected chi connectivity index (χ0v) is 40.4. The van der Waals surface area contributed by atoms with Crippen molar-refractivity contribution in [2.24, 2.45) is 5.73 Å². The van der Waals surface area contributed by atoms with E-state index in [2.05, 4.69) is 26.0 Å². The third-order valence-corrected chi connectivity index (χ3v) is 12.4. The summed E-state index contributed by atoms with van der Waals surface area (Å²) in [4.78, 5) is 35.0. The molecular formula is C50H98NO8P. The molecule has 0 saturated carbocycles. The Balaban J connectivity index is 4.01. The molecule has 0 heterocycles. The van der Waals surface area contributed by atoms with Crippen molar-refractivity contribution in [2.45, 2.75) is 270 Å². The van der Waals surface area contributed by atoms with E-state index < -0.39 is 26.5 Å². The van der Waals surface area contributed by atoms with Gasteiger partial charge in [0.2, 0.25) is 0 Å². The van der Waals surface area contributed by atoms with E-state index in [4.69, 9.17) is 24.3 Å². The van der Waals surface area contributed by atoms with Crippen LogP contribution in [0.2, 0.25) is 0 Å². The predicted molar refractivity (Wildman–Crippen MR) is 252 cm³/mol. The Hall–Kier alpha value is -1.25. The number of hydrogen-bond donors (Lipinski definition) is 2. The molecular weight excluding hydrogens is 774 g/mol.